The molecule has 0 radical (unpaired) electrons. The summed E-state index contributed by atoms with van der Waals surface area (Å²) in [5.41, 5.74) is 0.684. The van der Waals surface area contributed by atoms with Crippen molar-refractivity contribution in [1.29, 1.82) is 0 Å². The molecule has 2 atom stereocenters. The van der Waals surface area contributed by atoms with E-state index in [1.165, 1.54) is 0 Å². The van der Waals surface area contributed by atoms with Gasteiger partial charge in [0.1, 0.15) is 0 Å². The molecular formula is C17H23NO5. The number of amides is 1. The van der Waals surface area contributed by atoms with Gasteiger partial charge < -0.3 is 19.9 Å². The van der Waals surface area contributed by atoms with Gasteiger partial charge in [0.25, 0.3) is 0 Å². The van der Waals surface area contributed by atoms with Crippen LogP contribution < -0.4 is 14.8 Å². The second-order valence-electron chi connectivity index (χ2n) is 6.46. The zero-order valence-corrected chi connectivity index (χ0v) is 13.9. The SMILES string of the molecule is COc1ccc(C(C)(C)CNC(=O)C2CC2C(=O)O)cc1OC. The van der Waals surface area contributed by atoms with E-state index >= 15 is 0 Å². The molecule has 1 amide bonds. The number of carboxylic acid groups (broad SMARTS) is 1. The van der Waals surface area contributed by atoms with Crippen molar-refractivity contribution in [3.63, 3.8) is 0 Å². The lowest BCUT2D eigenvalue weighted by Crippen LogP contribution is -2.37. The van der Waals surface area contributed by atoms with E-state index in [0.29, 0.717) is 24.5 Å². The van der Waals surface area contributed by atoms with E-state index in [-0.39, 0.29) is 11.3 Å². The maximum Gasteiger partial charge on any atom is 0.307 e. The van der Waals surface area contributed by atoms with Crippen molar-refractivity contribution in [2.45, 2.75) is 25.7 Å². The Morgan fingerprint density at radius 3 is 2.39 bits per heavy atom. The third-order valence-corrected chi connectivity index (χ3v) is 4.31. The predicted molar refractivity (Wildman–Crippen MR) is 84.8 cm³/mol. The Hall–Kier alpha value is -2.24. The molecule has 1 aliphatic carbocycles. The van der Waals surface area contributed by atoms with Gasteiger partial charge in [-0.25, -0.2) is 0 Å². The summed E-state index contributed by atoms with van der Waals surface area (Å²) >= 11 is 0. The van der Waals surface area contributed by atoms with Crippen LogP contribution in [0.25, 0.3) is 0 Å². The summed E-state index contributed by atoms with van der Waals surface area (Å²) in [5.74, 6) is -0.723. The lowest BCUT2D eigenvalue weighted by Gasteiger charge is -2.26. The van der Waals surface area contributed by atoms with Crippen LogP contribution in [0.3, 0.4) is 0 Å². The molecule has 1 saturated carbocycles. The number of rotatable bonds is 7. The lowest BCUT2D eigenvalue weighted by molar-refractivity contribution is -0.140. The molecule has 2 rings (SSSR count). The average molecular weight is 321 g/mol. The van der Waals surface area contributed by atoms with Gasteiger partial charge >= 0.3 is 5.97 Å². The van der Waals surface area contributed by atoms with Crippen LogP contribution in [-0.2, 0) is 15.0 Å². The third-order valence-electron chi connectivity index (χ3n) is 4.31. The predicted octanol–water partition coefficient (Wildman–Crippen LogP) is 1.82. The summed E-state index contributed by atoms with van der Waals surface area (Å²) in [7, 11) is 3.16. The molecule has 0 saturated heterocycles. The molecule has 6 nitrogen and oxygen atoms in total. The van der Waals surface area contributed by atoms with Crippen LogP contribution in [0.5, 0.6) is 11.5 Å². The second kappa shape index (κ2) is 6.48. The minimum Gasteiger partial charge on any atom is -0.493 e. The molecule has 0 aromatic heterocycles. The van der Waals surface area contributed by atoms with Gasteiger partial charge in [0.2, 0.25) is 5.91 Å². The monoisotopic (exact) mass is 321 g/mol. The van der Waals surface area contributed by atoms with Gasteiger partial charge in [-0.05, 0) is 24.1 Å². The molecule has 2 N–H and O–H groups in total. The maximum atomic E-state index is 12.0. The molecule has 1 aromatic carbocycles. The van der Waals surface area contributed by atoms with Crippen molar-refractivity contribution >= 4 is 11.9 Å². The van der Waals surface area contributed by atoms with E-state index in [4.69, 9.17) is 14.6 Å². The van der Waals surface area contributed by atoms with Gasteiger partial charge in [-0.15, -0.1) is 0 Å². The fourth-order valence-electron chi connectivity index (χ4n) is 2.56. The Morgan fingerprint density at radius 2 is 1.87 bits per heavy atom. The van der Waals surface area contributed by atoms with Crippen molar-refractivity contribution in [2.75, 3.05) is 20.8 Å². The third kappa shape index (κ3) is 3.75. The van der Waals surface area contributed by atoms with E-state index in [2.05, 4.69) is 5.32 Å². The normalized spacial score (nSPS) is 19.8. The molecule has 6 heteroatoms. The Bertz CT molecular complexity index is 611. The van der Waals surface area contributed by atoms with Gasteiger partial charge in [0.05, 0.1) is 26.1 Å². The van der Waals surface area contributed by atoms with Gasteiger partial charge in [0, 0.05) is 12.0 Å². The fourth-order valence-corrected chi connectivity index (χ4v) is 2.56. The highest BCUT2D eigenvalue weighted by Gasteiger charge is 2.48. The van der Waals surface area contributed by atoms with E-state index in [1.54, 1.807) is 14.2 Å². The Morgan fingerprint density at radius 1 is 1.22 bits per heavy atom. The molecule has 1 fully saturated rings. The van der Waals surface area contributed by atoms with Crippen molar-refractivity contribution < 1.29 is 24.2 Å². The molecule has 126 valence electrons. The number of carbonyl (C=O) groups excluding carboxylic acids is 1. The smallest absolute Gasteiger partial charge is 0.307 e. The number of methoxy groups -OCH3 is 2. The quantitative estimate of drug-likeness (QED) is 0.800. The Labute approximate surface area is 135 Å². The molecule has 1 aromatic rings. The van der Waals surface area contributed by atoms with Crippen LogP contribution in [0.1, 0.15) is 25.8 Å². The van der Waals surface area contributed by atoms with Crippen molar-refractivity contribution in [1.82, 2.24) is 5.32 Å². The van der Waals surface area contributed by atoms with Crippen LogP contribution in [0.2, 0.25) is 0 Å². The summed E-state index contributed by atoms with van der Waals surface area (Å²) in [6.45, 7) is 4.44. The summed E-state index contributed by atoms with van der Waals surface area (Å²) in [4.78, 5) is 22.8. The zero-order chi connectivity index (χ0) is 17.2. The standard InChI is InChI=1S/C17H23NO5/c1-17(2,9-18-15(19)11-8-12(11)16(20)21)10-5-6-13(22-3)14(7-10)23-4/h5-7,11-12H,8-9H2,1-4H3,(H,18,19)(H,20,21). The molecule has 1 aliphatic rings. The van der Waals surface area contributed by atoms with Gasteiger partial charge in [-0.2, -0.15) is 0 Å². The van der Waals surface area contributed by atoms with Crippen molar-refractivity contribution in [3.8, 4) is 11.5 Å². The molecular weight excluding hydrogens is 298 g/mol. The molecule has 0 spiro atoms. The van der Waals surface area contributed by atoms with Crippen molar-refractivity contribution in [2.24, 2.45) is 11.8 Å². The van der Waals surface area contributed by atoms with E-state index in [9.17, 15) is 9.59 Å². The second-order valence-corrected chi connectivity index (χ2v) is 6.46. The van der Waals surface area contributed by atoms with Crippen LogP contribution in [-0.4, -0.2) is 37.7 Å². The number of aliphatic carboxylic acids is 1. The van der Waals surface area contributed by atoms with Crippen LogP contribution in [0.15, 0.2) is 18.2 Å². The van der Waals surface area contributed by atoms with Gasteiger partial charge in [-0.1, -0.05) is 19.9 Å². The maximum absolute atomic E-state index is 12.0. The zero-order valence-electron chi connectivity index (χ0n) is 13.9. The first-order chi connectivity index (χ1) is 10.8. The Kier molecular flexibility index (Phi) is 4.82. The molecule has 0 aliphatic heterocycles. The summed E-state index contributed by atoms with van der Waals surface area (Å²) in [5, 5.41) is 11.7. The highest BCUT2D eigenvalue weighted by atomic mass is 16.5. The summed E-state index contributed by atoms with van der Waals surface area (Å²) in [6.07, 6.45) is 0.429. The minimum absolute atomic E-state index is 0.189. The van der Waals surface area contributed by atoms with Crippen LogP contribution in [0, 0.1) is 11.8 Å². The number of benzene rings is 1. The number of hydrogen-bond donors (Lipinski definition) is 2. The molecule has 2 unspecified atom stereocenters. The van der Waals surface area contributed by atoms with Crippen LogP contribution >= 0.6 is 0 Å². The largest absolute Gasteiger partial charge is 0.493 e. The Balaban J connectivity index is 2.01. The fraction of sp³-hybridized carbons (Fsp3) is 0.529. The molecule has 23 heavy (non-hydrogen) atoms. The topological polar surface area (TPSA) is 84.9 Å². The lowest BCUT2D eigenvalue weighted by atomic mass is 9.84. The summed E-state index contributed by atoms with van der Waals surface area (Å²) < 4.78 is 10.5. The highest BCUT2D eigenvalue weighted by Crippen LogP contribution is 2.39. The minimum atomic E-state index is -0.899. The van der Waals surface area contributed by atoms with E-state index in [1.807, 2.05) is 32.0 Å². The average Bonchev–Trinajstić information content (AvgIpc) is 3.32. The first-order valence-corrected chi connectivity index (χ1v) is 7.53. The number of ether oxygens (including phenoxy) is 2. The number of carboxylic acids is 1. The first kappa shape index (κ1) is 17.1. The number of carbonyl (C=O) groups is 2. The highest BCUT2D eigenvalue weighted by molar-refractivity contribution is 5.89. The molecule has 0 bridgehead atoms. The number of nitrogens with one attached hydrogen (secondary N) is 1. The van der Waals surface area contributed by atoms with E-state index < -0.39 is 17.8 Å². The first-order valence-electron chi connectivity index (χ1n) is 7.53. The van der Waals surface area contributed by atoms with Gasteiger partial charge in [0.15, 0.2) is 11.5 Å². The van der Waals surface area contributed by atoms with Gasteiger partial charge in [-0.3, -0.25) is 9.59 Å². The van der Waals surface area contributed by atoms with Crippen LogP contribution in [0.4, 0.5) is 0 Å². The van der Waals surface area contributed by atoms with E-state index in [0.717, 1.165) is 5.56 Å². The van der Waals surface area contributed by atoms with Crippen molar-refractivity contribution in [3.05, 3.63) is 23.8 Å². The molecule has 0 heterocycles. The number of hydrogen-bond acceptors (Lipinski definition) is 4. The summed E-state index contributed by atoms with van der Waals surface area (Å²) in [6, 6.07) is 5.66.